The molecule has 0 aliphatic heterocycles. The number of rotatable bonds is 6. The number of amides is 2. The first-order valence-electron chi connectivity index (χ1n) is 6.04. The van der Waals surface area contributed by atoms with Gasteiger partial charge < -0.3 is 20.5 Å². The van der Waals surface area contributed by atoms with Crippen LogP contribution < -0.4 is 15.4 Å². The summed E-state index contributed by atoms with van der Waals surface area (Å²) in [4.78, 5) is 22.5. The first-order valence-corrected chi connectivity index (χ1v) is 6.04. The normalized spacial score (nSPS) is 9.79. The van der Waals surface area contributed by atoms with Crippen molar-refractivity contribution in [1.82, 2.24) is 5.32 Å². The molecule has 104 valence electrons. The highest BCUT2D eigenvalue weighted by Crippen LogP contribution is 2.25. The van der Waals surface area contributed by atoms with E-state index in [9.17, 15) is 9.59 Å². The molecule has 19 heavy (non-hydrogen) atoms. The third kappa shape index (κ3) is 4.50. The molecule has 0 aliphatic rings. The van der Waals surface area contributed by atoms with E-state index in [0.29, 0.717) is 18.0 Å². The Morgan fingerprint density at radius 2 is 2.11 bits per heavy atom. The number of ether oxygens (including phenoxy) is 1. The molecule has 3 N–H and O–H groups in total. The monoisotopic (exact) mass is 266 g/mol. The number of carboxylic acids is 1. The molecular formula is C13H18N2O4. The van der Waals surface area contributed by atoms with Crippen molar-refractivity contribution in [2.75, 3.05) is 19.0 Å². The van der Waals surface area contributed by atoms with Gasteiger partial charge in [-0.15, -0.1) is 0 Å². The fraction of sp³-hybridized carbons (Fsp3) is 0.385. The Kier molecular flexibility index (Phi) is 5.66. The lowest BCUT2D eigenvalue weighted by Crippen LogP contribution is -2.29. The quantitative estimate of drug-likeness (QED) is 0.689. The molecule has 0 heterocycles. The second kappa shape index (κ2) is 7.25. The average Bonchev–Trinajstić information content (AvgIpc) is 2.38. The van der Waals surface area contributed by atoms with Gasteiger partial charge in [0.15, 0.2) is 0 Å². The van der Waals surface area contributed by atoms with Gasteiger partial charge in [0.2, 0.25) is 0 Å². The first kappa shape index (κ1) is 14.8. The molecule has 0 spiro atoms. The SMILES string of the molecule is CCCCNC(=O)Nc1cc(C(=O)O)ccc1OC. The minimum absolute atomic E-state index is 0.0876. The van der Waals surface area contributed by atoms with Gasteiger partial charge in [0.05, 0.1) is 18.4 Å². The highest BCUT2D eigenvalue weighted by atomic mass is 16.5. The lowest BCUT2D eigenvalue weighted by Gasteiger charge is -2.11. The Morgan fingerprint density at radius 1 is 1.37 bits per heavy atom. The van der Waals surface area contributed by atoms with Gasteiger partial charge in [-0.2, -0.15) is 0 Å². The van der Waals surface area contributed by atoms with E-state index < -0.39 is 5.97 Å². The molecule has 0 bridgehead atoms. The molecule has 1 aromatic rings. The summed E-state index contributed by atoms with van der Waals surface area (Å²) in [7, 11) is 1.45. The molecule has 0 fully saturated rings. The predicted molar refractivity (Wildman–Crippen MR) is 71.9 cm³/mol. The van der Waals surface area contributed by atoms with Gasteiger partial charge in [-0.3, -0.25) is 0 Å². The van der Waals surface area contributed by atoms with Crippen LogP contribution in [0.2, 0.25) is 0 Å². The first-order chi connectivity index (χ1) is 9.08. The Bertz CT molecular complexity index is 460. The molecule has 2 amide bonds. The van der Waals surface area contributed by atoms with Crippen molar-refractivity contribution in [2.24, 2.45) is 0 Å². The van der Waals surface area contributed by atoms with Crippen LogP contribution in [0.15, 0.2) is 18.2 Å². The standard InChI is InChI=1S/C13H18N2O4/c1-3-4-7-14-13(18)15-10-8-9(12(16)17)5-6-11(10)19-2/h5-6,8H,3-4,7H2,1-2H3,(H,16,17)(H2,14,15,18). The highest BCUT2D eigenvalue weighted by Gasteiger charge is 2.11. The van der Waals surface area contributed by atoms with Gasteiger partial charge in [0.25, 0.3) is 0 Å². The van der Waals surface area contributed by atoms with Crippen molar-refractivity contribution >= 4 is 17.7 Å². The van der Waals surface area contributed by atoms with Gasteiger partial charge in [-0.1, -0.05) is 13.3 Å². The number of carbonyl (C=O) groups excluding carboxylic acids is 1. The van der Waals surface area contributed by atoms with E-state index in [-0.39, 0.29) is 11.6 Å². The number of anilines is 1. The van der Waals surface area contributed by atoms with Crippen molar-refractivity contribution in [1.29, 1.82) is 0 Å². The number of unbranched alkanes of at least 4 members (excludes halogenated alkanes) is 1. The Morgan fingerprint density at radius 3 is 2.68 bits per heavy atom. The van der Waals surface area contributed by atoms with Crippen LogP contribution in [0.3, 0.4) is 0 Å². The summed E-state index contributed by atoms with van der Waals surface area (Å²) < 4.78 is 5.07. The van der Waals surface area contributed by atoms with E-state index in [1.54, 1.807) is 0 Å². The Balaban J connectivity index is 2.77. The van der Waals surface area contributed by atoms with Crippen molar-refractivity contribution in [3.63, 3.8) is 0 Å². The summed E-state index contributed by atoms with van der Waals surface area (Å²) in [5.74, 6) is -0.646. The smallest absolute Gasteiger partial charge is 0.335 e. The zero-order chi connectivity index (χ0) is 14.3. The second-order valence-corrected chi connectivity index (χ2v) is 3.95. The number of benzene rings is 1. The molecule has 0 atom stereocenters. The molecule has 6 heteroatoms. The average molecular weight is 266 g/mol. The van der Waals surface area contributed by atoms with Gasteiger partial charge in [0.1, 0.15) is 5.75 Å². The van der Waals surface area contributed by atoms with Crippen molar-refractivity contribution in [3.05, 3.63) is 23.8 Å². The van der Waals surface area contributed by atoms with Crippen LogP contribution >= 0.6 is 0 Å². The number of hydrogen-bond acceptors (Lipinski definition) is 3. The molecule has 0 saturated carbocycles. The van der Waals surface area contributed by atoms with Crippen LogP contribution in [-0.4, -0.2) is 30.8 Å². The van der Waals surface area contributed by atoms with E-state index in [2.05, 4.69) is 10.6 Å². The highest BCUT2D eigenvalue weighted by molar-refractivity contribution is 5.94. The second-order valence-electron chi connectivity index (χ2n) is 3.95. The third-order valence-electron chi connectivity index (χ3n) is 2.51. The predicted octanol–water partition coefficient (Wildman–Crippen LogP) is 2.32. The zero-order valence-electron chi connectivity index (χ0n) is 11.0. The fourth-order valence-electron chi connectivity index (χ4n) is 1.48. The lowest BCUT2D eigenvalue weighted by molar-refractivity contribution is 0.0697. The summed E-state index contributed by atoms with van der Waals surface area (Å²) in [5, 5.41) is 14.2. The number of nitrogens with one attached hydrogen (secondary N) is 2. The molecule has 0 unspecified atom stereocenters. The van der Waals surface area contributed by atoms with Gasteiger partial charge in [0, 0.05) is 6.54 Å². The van der Waals surface area contributed by atoms with Gasteiger partial charge in [-0.05, 0) is 24.6 Å². The van der Waals surface area contributed by atoms with Crippen molar-refractivity contribution in [3.8, 4) is 5.75 Å². The third-order valence-corrected chi connectivity index (χ3v) is 2.51. The largest absolute Gasteiger partial charge is 0.495 e. The molecule has 6 nitrogen and oxygen atoms in total. The number of carbonyl (C=O) groups is 2. The molecule has 0 aliphatic carbocycles. The summed E-state index contributed by atoms with van der Waals surface area (Å²) in [6.07, 6.45) is 1.87. The maximum absolute atomic E-state index is 11.6. The van der Waals surface area contributed by atoms with Crippen molar-refractivity contribution in [2.45, 2.75) is 19.8 Å². The number of urea groups is 1. The maximum Gasteiger partial charge on any atom is 0.335 e. The molecule has 1 aromatic carbocycles. The molecule has 0 aromatic heterocycles. The van der Waals surface area contributed by atoms with Gasteiger partial charge in [-0.25, -0.2) is 9.59 Å². The minimum atomic E-state index is -1.06. The number of methoxy groups -OCH3 is 1. The van der Waals surface area contributed by atoms with Crippen LogP contribution in [0.4, 0.5) is 10.5 Å². The van der Waals surface area contributed by atoms with E-state index >= 15 is 0 Å². The summed E-state index contributed by atoms with van der Waals surface area (Å²) in [5.41, 5.74) is 0.418. The van der Waals surface area contributed by atoms with E-state index in [1.807, 2.05) is 6.92 Å². The van der Waals surface area contributed by atoms with E-state index in [0.717, 1.165) is 12.8 Å². The Labute approximate surface area is 111 Å². The van der Waals surface area contributed by atoms with Crippen molar-refractivity contribution < 1.29 is 19.4 Å². The van der Waals surface area contributed by atoms with Crippen LogP contribution in [0, 0.1) is 0 Å². The molecule has 0 saturated heterocycles. The fourth-order valence-corrected chi connectivity index (χ4v) is 1.48. The zero-order valence-corrected chi connectivity index (χ0v) is 11.0. The van der Waals surface area contributed by atoms with Gasteiger partial charge >= 0.3 is 12.0 Å². The molecular weight excluding hydrogens is 248 g/mol. The summed E-state index contributed by atoms with van der Waals surface area (Å²) >= 11 is 0. The van der Waals surface area contributed by atoms with Crippen LogP contribution in [0.1, 0.15) is 30.1 Å². The van der Waals surface area contributed by atoms with E-state index in [4.69, 9.17) is 9.84 Å². The lowest BCUT2D eigenvalue weighted by atomic mass is 10.2. The Hall–Kier alpha value is -2.24. The molecule has 0 radical (unpaired) electrons. The minimum Gasteiger partial charge on any atom is -0.495 e. The number of carboxylic acid groups (broad SMARTS) is 1. The van der Waals surface area contributed by atoms with Crippen LogP contribution in [0.25, 0.3) is 0 Å². The van der Waals surface area contributed by atoms with Crippen LogP contribution in [0.5, 0.6) is 5.75 Å². The summed E-state index contributed by atoms with van der Waals surface area (Å²) in [6.45, 7) is 2.60. The van der Waals surface area contributed by atoms with Crippen LogP contribution in [-0.2, 0) is 0 Å². The molecule has 1 rings (SSSR count). The van der Waals surface area contributed by atoms with E-state index in [1.165, 1.54) is 25.3 Å². The maximum atomic E-state index is 11.6. The summed E-state index contributed by atoms with van der Waals surface area (Å²) in [6, 6.07) is 3.90. The topological polar surface area (TPSA) is 87.7 Å². The number of aromatic carboxylic acids is 1. The number of hydrogen-bond donors (Lipinski definition) is 3.